The summed E-state index contributed by atoms with van der Waals surface area (Å²) >= 11 is 5.77. The Labute approximate surface area is 162 Å². The van der Waals surface area contributed by atoms with Gasteiger partial charge in [0.2, 0.25) is 5.75 Å². The van der Waals surface area contributed by atoms with E-state index in [9.17, 15) is 9.59 Å². The smallest absolute Gasteiger partial charge is 0.331 e. The molecule has 2 aromatic carbocycles. The summed E-state index contributed by atoms with van der Waals surface area (Å²) in [5.41, 5.74) is 1.06. The Morgan fingerprint density at radius 1 is 0.963 bits per heavy atom. The quantitative estimate of drug-likeness (QED) is 0.388. The highest BCUT2D eigenvalue weighted by molar-refractivity contribution is 6.30. The van der Waals surface area contributed by atoms with Crippen LogP contribution in [-0.2, 0) is 9.53 Å². The summed E-state index contributed by atoms with van der Waals surface area (Å²) in [7, 11) is 4.51. The Hall–Kier alpha value is -2.99. The van der Waals surface area contributed by atoms with Crippen LogP contribution in [0.3, 0.4) is 0 Å². The van der Waals surface area contributed by atoms with Crippen molar-refractivity contribution in [1.29, 1.82) is 0 Å². The van der Waals surface area contributed by atoms with Gasteiger partial charge in [0, 0.05) is 16.7 Å². The van der Waals surface area contributed by atoms with Crippen LogP contribution in [0.4, 0.5) is 0 Å². The minimum atomic E-state index is -0.647. The number of methoxy groups -OCH3 is 3. The van der Waals surface area contributed by atoms with E-state index in [-0.39, 0.29) is 12.4 Å². The lowest BCUT2D eigenvalue weighted by Crippen LogP contribution is -2.12. The van der Waals surface area contributed by atoms with E-state index in [0.717, 1.165) is 0 Å². The van der Waals surface area contributed by atoms with Crippen molar-refractivity contribution in [2.45, 2.75) is 0 Å². The van der Waals surface area contributed by atoms with Crippen LogP contribution in [0.1, 0.15) is 15.9 Å². The fourth-order valence-electron chi connectivity index (χ4n) is 2.27. The molecule has 0 heterocycles. The first-order chi connectivity index (χ1) is 13.0. The summed E-state index contributed by atoms with van der Waals surface area (Å²) in [4.78, 5) is 23.8. The number of carbonyl (C=O) groups is 2. The summed E-state index contributed by atoms with van der Waals surface area (Å²) in [6.45, 7) is -0.361. The van der Waals surface area contributed by atoms with Gasteiger partial charge in [0.1, 0.15) is 0 Å². The Morgan fingerprint density at radius 3 is 2.07 bits per heavy atom. The molecule has 0 aromatic heterocycles. The van der Waals surface area contributed by atoms with Crippen molar-refractivity contribution in [2.24, 2.45) is 0 Å². The molecule has 0 spiro atoms. The zero-order valence-electron chi connectivity index (χ0n) is 15.2. The van der Waals surface area contributed by atoms with Gasteiger partial charge in [-0.2, -0.15) is 0 Å². The van der Waals surface area contributed by atoms with Crippen molar-refractivity contribution < 1.29 is 28.5 Å². The standard InChI is InChI=1S/C20H19ClO6/c1-24-17-10-13(11-18(25-2)20(17)26-3)4-9-19(23)27-12-16(22)14-5-7-15(21)8-6-14/h4-11H,12H2,1-3H3. The highest BCUT2D eigenvalue weighted by atomic mass is 35.5. The summed E-state index contributed by atoms with van der Waals surface area (Å²) in [6.07, 6.45) is 2.75. The van der Waals surface area contributed by atoms with Crippen molar-refractivity contribution in [3.63, 3.8) is 0 Å². The molecule has 142 valence electrons. The van der Waals surface area contributed by atoms with Gasteiger partial charge in [-0.15, -0.1) is 0 Å². The molecule has 0 amide bonds. The van der Waals surface area contributed by atoms with Crippen molar-refractivity contribution in [2.75, 3.05) is 27.9 Å². The Kier molecular flexibility index (Phi) is 7.25. The molecule has 2 rings (SSSR count). The lowest BCUT2D eigenvalue weighted by atomic mass is 10.1. The molecule has 0 radical (unpaired) electrons. The van der Waals surface area contributed by atoms with E-state index in [1.807, 2.05) is 0 Å². The summed E-state index contributed by atoms with van der Waals surface area (Å²) in [5.74, 6) is 0.408. The minimum absolute atomic E-state index is 0.318. The van der Waals surface area contributed by atoms with E-state index in [1.54, 1.807) is 36.4 Å². The fraction of sp³-hybridized carbons (Fsp3) is 0.200. The zero-order valence-corrected chi connectivity index (χ0v) is 15.9. The zero-order chi connectivity index (χ0) is 19.8. The molecular formula is C20H19ClO6. The molecule has 0 aliphatic heterocycles. The van der Waals surface area contributed by atoms with Crippen molar-refractivity contribution in [3.8, 4) is 17.2 Å². The maximum absolute atomic E-state index is 12.0. The number of ketones is 1. The average Bonchev–Trinajstić information content (AvgIpc) is 2.69. The molecule has 2 aromatic rings. The van der Waals surface area contributed by atoms with E-state index >= 15 is 0 Å². The number of rotatable bonds is 8. The van der Waals surface area contributed by atoms with Gasteiger partial charge in [-0.3, -0.25) is 4.79 Å². The first-order valence-corrected chi connectivity index (χ1v) is 8.30. The van der Waals surface area contributed by atoms with Gasteiger partial charge in [-0.1, -0.05) is 11.6 Å². The number of benzene rings is 2. The third-order valence-corrected chi connectivity index (χ3v) is 3.86. The molecule has 0 unspecified atom stereocenters. The van der Waals surface area contributed by atoms with Gasteiger partial charge in [-0.05, 0) is 48.0 Å². The van der Waals surface area contributed by atoms with Gasteiger partial charge in [0.25, 0.3) is 0 Å². The molecule has 6 nitrogen and oxygen atoms in total. The molecule has 0 bridgehead atoms. The predicted octanol–water partition coefficient (Wildman–Crippen LogP) is 3.81. The van der Waals surface area contributed by atoms with Gasteiger partial charge >= 0.3 is 5.97 Å². The van der Waals surface area contributed by atoms with E-state index in [2.05, 4.69) is 0 Å². The summed E-state index contributed by atoms with van der Waals surface area (Å²) in [6, 6.07) is 9.71. The van der Waals surface area contributed by atoms with Gasteiger partial charge in [0.15, 0.2) is 23.9 Å². The predicted molar refractivity (Wildman–Crippen MR) is 102 cm³/mol. The average molecular weight is 391 g/mol. The van der Waals surface area contributed by atoms with E-state index in [0.29, 0.717) is 33.4 Å². The van der Waals surface area contributed by atoms with Crippen LogP contribution in [0.15, 0.2) is 42.5 Å². The van der Waals surface area contributed by atoms with Crippen LogP contribution >= 0.6 is 11.6 Å². The third-order valence-electron chi connectivity index (χ3n) is 3.61. The van der Waals surface area contributed by atoms with Crippen LogP contribution in [0, 0.1) is 0 Å². The molecule has 0 saturated carbocycles. The highest BCUT2D eigenvalue weighted by Crippen LogP contribution is 2.38. The first kappa shape index (κ1) is 20.3. The van der Waals surface area contributed by atoms with Crippen LogP contribution in [0.25, 0.3) is 6.08 Å². The van der Waals surface area contributed by atoms with Gasteiger partial charge < -0.3 is 18.9 Å². The van der Waals surface area contributed by atoms with E-state index in [4.69, 9.17) is 30.5 Å². The number of hydrogen-bond acceptors (Lipinski definition) is 6. The topological polar surface area (TPSA) is 71.1 Å². The second kappa shape index (κ2) is 9.64. The number of halogens is 1. The largest absolute Gasteiger partial charge is 0.493 e. The molecule has 0 N–H and O–H groups in total. The van der Waals surface area contributed by atoms with Crippen LogP contribution in [-0.4, -0.2) is 39.7 Å². The molecule has 0 aliphatic carbocycles. The molecule has 0 aliphatic rings. The Balaban J connectivity index is 2.01. The summed E-state index contributed by atoms with van der Waals surface area (Å²) < 4.78 is 20.7. The van der Waals surface area contributed by atoms with Gasteiger partial charge in [0.05, 0.1) is 21.3 Å². The van der Waals surface area contributed by atoms with Crippen LogP contribution in [0.5, 0.6) is 17.2 Å². The molecule has 0 fully saturated rings. The number of esters is 1. The second-order valence-electron chi connectivity index (χ2n) is 5.33. The maximum atomic E-state index is 12.0. The van der Waals surface area contributed by atoms with Crippen molar-refractivity contribution in [3.05, 3.63) is 58.6 Å². The maximum Gasteiger partial charge on any atom is 0.331 e. The normalized spacial score (nSPS) is 10.5. The third kappa shape index (κ3) is 5.49. The van der Waals surface area contributed by atoms with Crippen LogP contribution in [0.2, 0.25) is 5.02 Å². The first-order valence-electron chi connectivity index (χ1n) is 7.92. The second-order valence-corrected chi connectivity index (χ2v) is 5.77. The van der Waals surface area contributed by atoms with Crippen molar-refractivity contribution >= 4 is 29.4 Å². The molecule has 0 saturated heterocycles. The Bertz CT molecular complexity index is 817. The highest BCUT2D eigenvalue weighted by Gasteiger charge is 2.12. The molecular weight excluding hydrogens is 372 g/mol. The lowest BCUT2D eigenvalue weighted by Gasteiger charge is -2.12. The van der Waals surface area contributed by atoms with Crippen molar-refractivity contribution in [1.82, 2.24) is 0 Å². The summed E-state index contributed by atoms with van der Waals surface area (Å²) in [5, 5.41) is 0.525. The van der Waals surface area contributed by atoms with E-state index < -0.39 is 5.97 Å². The van der Waals surface area contributed by atoms with E-state index in [1.165, 1.54) is 33.5 Å². The molecule has 27 heavy (non-hydrogen) atoms. The monoisotopic (exact) mass is 390 g/mol. The molecule has 0 atom stereocenters. The van der Waals surface area contributed by atoms with Crippen LogP contribution < -0.4 is 14.2 Å². The van der Waals surface area contributed by atoms with Gasteiger partial charge in [-0.25, -0.2) is 4.79 Å². The number of ether oxygens (including phenoxy) is 4. The number of hydrogen-bond donors (Lipinski definition) is 0. The fourth-order valence-corrected chi connectivity index (χ4v) is 2.39. The SMILES string of the molecule is COc1cc(C=CC(=O)OCC(=O)c2ccc(Cl)cc2)cc(OC)c1OC. The minimum Gasteiger partial charge on any atom is -0.493 e. The number of Topliss-reactive ketones (excluding diaryl/α,β-unsaturated/α-hetero) is 1. The molecule has 7 heteroatoms. The lowest BCUT2D eigenvalue weighted by molar-refractivity contribution is -0.136. The number of carbonyl (C=O) groups excluding carboxylic acids is 2. The Morgan fingerprint density at radius 2 is 1.56 bits per heavy atom.